The Morgan fingerprint density at radius 2 is 2.11 bits per heavy atom. The Morgan fingerprint density at radius 1 is 1.33 bits per heavy atom. The van der Waals surface area contributed by atoms with E-state index in [2.05, 4.69) is 35.8 Å². The van der Waals surface area contributed by atoms with Gasteiger partial charge in [0.15, 0.2) is 5.76 Å². The molecule has 0 amide bonds. The van der Waals surface area contributed by atoms with Crippen LogP contribution in [-0.4, -0.2) is 9.72 Å². The lowest BCUT2D eigenvalue weighted by molar-refractivity contribution is 0.424. The van der Waals surface area contributed by atoms with Gasteiger partial charge in [-0.3, -0.25) is 0 Å². The van der Waals surface area contributed by atoms with Crippen molar-refractivity contribution in [3.05, 3.63) is 41.7 Å². The molecule has 0 aliphatic rings. The molecule has 3 aromatic rings. The first-order chi connectivity index (χ1) is 8.72. The van der Waals surface area contributed by atoms with Gasteiger partial charge in [-0.25, -0.2) is 0 Å². The standard InChI is InChI=1S/C14H15N3O/c1-9-14(13-7-10(8-15)16-18-13)11-5-3-4-6-12(11)17(9)2/h3-7H,8,15H2,1-2H3. The molecule has 0 fully saturated rings. The molecule has 0 unspecified atom stereocenters. The highest BCUT2D eigenvalue weighted by molar-refractivity contribution is 5.96. The third-order valence-corrected chi connectivity index (χ3v) is 3.41. The van der Waals surface area contributed by atoms with E-state index in [1.807, 2.05) is 18.2 Å². The Balaban J connectivity index is 2.31. The molecule has 2 aromatic heterocycles. The summed E-state index contributed by atoms with van der Waals surface area (Å²) in [5.41, 5.74) is 9.80. The predicted molar refractivity (Wildman–Crippen MR) is 71.0 cm³/mol. The maximum Gasteiger partial charge on any atom is 0.169 e. The minimum absolute atomic E-state index is 0.396. The van der Waals surface area contributed by atoms with Crippen LogP contribution in [0.5, 0.6) is 0 Å². The van der Waals surface area contributed by atoms with E-state index < -0.39 is 0 Å². The van der Waals surface area contributed by atoms with E-state index in [9.17, 15) is 0 Å². The number of nitrogens with zero attached hydrogens (tertiary/aromatic N) is 2. The highest BCUT2D eigenvalue weighted by Gasteiger charge is 2.16. The molecule has 0 radical (unpaired) electrons. The van der Waals surface area contributed by atoms with Crippen LogP contribution in [0.3, 0.4) is 0 Å². The summed E-state index contributed by atoms with van der Waals surface area (Å²) in [5.74, 6) is 0.782. The fraction of sp³-hybridized carbons (Fsp3) is 0.214. The summed E-state index contributed by atoms with van der Waals surface area (Å²) in [5, 5.41) is 5.14. The molecule has 0 aliphatic carbocycles. The van der Waals surface area contributed by atoms with Crippen LogP contribution in [0.25, 0.3) is 22.2 Å². The van der Waals surface area contributed by atoms with Gasteiger partial charge >= 0.3 is 0 Å². The third-order valence-electron chi connectivity index (χ3n) is 3.41. The van der Waals surface area contributed by atoms with Crippen molar-refractivity contribution in [3.8, 4) is 11.3 Å². The number of rotatable bonds is 2. The first-order valence-electron chi connectivity index (χ1n) is 5.92. The Hall–Kier alpha value is -2.07. The Labute approximate surface area is 105 Å². The van der Waals surface area contributed by atoms with Crippen molar-refractivity contribution in [2.24, 2.45) is 12.8 Å². The molecule has 2 N–H and O–H groups in total. The number of aryl methyl sites for hydroxylation is 1. The molecule has 0 spiro atoms. The third kappa shape index (κ3) is 1.46. The van der Waals surface area contributed by atoms with Crippen LogP contribution in [0, 0.1) is 6.92 Å². The Kier molecular flexibility index (Phi) is 2.45. The zero-order chi connectivity index (χ0) is 12.7. The molecule has 0 bridgehead atoms. The maximum absolute atomic E-state index is 5.57. The maximum atomic E-state index is 5.57. The van der Waals surface area contributed by atoms with E-state index in [4.69, 9.17) is 10.3 Å². The van der Waals surface area contributed by atoms with Crippen molar-refractivity contribution in [3.63, 3.8) is 0 Å². The predicted octanol–water partition coefficient (Wildman–Crippen LogP) is 2.60. The lowest BCUT2D eigenvalue weighted by Gasteiger charge is -1.97. The summed E-state index contributed by atoms with van der Waals surface area (Å²) in [6.45, 7) is 2.48. The second-order valence-electron chi connectivity index (χ2n) is 4.42. The molecule has 0 aliphatic heterocycles. The van der Waals surface area contributed by atoms with Gasteiger partial charge in [0.05, 0.1) is 5.69 Å². The molecule has 4 nitrogen and oxygen atoms in total. The number of hydrogen-bond donors (Lipinski definition) is 1. The smallest absolute Gasteiger partial charge is 0.169 e. The molecule has 92 valence electrons. The van der Waals surface area contributed by atoms with E-state index in [1.165, 1.54) is 10.9 Å². The van der Waals surface area contributed by atoms with Crippen LogP contribution >= 0.6 is 0 Å². The van der Waals surface area contributed by atoms with Crippen molar-refractivity contribution >= 4 is 10.9 Å². The molecular formula is C14H15N3O. The number of fused-ring (bicyclic) bond motifs is 1. The Morgan fingerprint density at radius 3 is 2.83 bits per heavy atom. The van der Waals surface area contributed by atoms with Crippen LogP contribution in [0.1, 0.15) is 11.4 Å². The molecule has 18 heavy (non-hydrogen) atoms. The Bertz CT molecular complexity index is 709. The first kappa shape index (κ1) is 11.0. The SMILES string of the molecule is Cc1c(-c2cc(CN)no2)c2ccccc2n1C. The van der Waals surface area contributed by atoms with Gasteiger partial charge in [-0.15, -0.1) is 0 Å². The van der Waals surface area contributed by atoms with Gasteiger partial charge in [-0.1, -0.05) is 23.4 Å². The summed E-state index contributed by atoms with van der Waals surface area (Å²) in [6.07, 6.45) is 0. The minimum Gasteiger partial charge on any atom is -0.356 e. The summed E-state index contributed by atoms with van der Waals surface area (Å²) < 4.78 is 7.56. The van der Waals surface area contributed by atoms with E-state index in [0.717, 1.165) is 22.7 Å². The van der Waals surface area contributed by atoms with Crippen molar-refractivity contribution in [2.75, 3.05) is 0 Å². The normalized spacial score (nSPS) is 11.3. The molecule has 1 aromatic carbocycles. The van der Waals surface area contributed by atoms with Gasteiger partial charge < -0.3 is 14.8 Å². The zero-order valence-corrected chi connectivity index (χ0v) is 10.5. The number of aromatic nitrogens is 2. The molecule has 0 saturated heterocycles. The fourth-order valence-corrected chi connectivity index (χ4v) is 2.36. The fourth-order valence-electron chi connectivity index (χ4n) is 2.36. The lowest BCUT2D eigenvalue weighted by atomic mass is 10.1. The highest BCUT2D eigenvalue weighted by Crippen LogP contribution is 2.34. The van der Waals surface area contributed by atoms with Gasteiger partial charge in [0.2, 0.25) is 0 Å². The van der Waals surface area contributed by atoms with Crippen molar-refractivity contribution < 1.29 is 4.52 Å². The van der Waals surface area contributed by atoms with Crippen LogP contribution in [0.15, 0.2) is 34.9 Å². The van der Waals surface area contributed by atoms with E-state index in [1.54, 1.807) is 0 Å². The summed E-state index contributed by atoms with van der Waals surface area (Å²) in [6, 6.07) is 10.2. The second-order valence-corrected chi connectivity index (χ2v) is 4.42. The average Bonchev–Trinajstić information content (AvgIpc) is 2.95. The number of para-hydroxylation sites is 1. The molecular weight excluding hydrogens is 226 g/mol. The van der Waals surface area contributed by atoms with E-state index in [-0.39, 0.29) is 0 Å². The van der Waals surface area contributed by atoms with E-state index in [0.29, 0.717) is 6.54 Å². The monoisotopic (exact) mass is 241 g/mol. The zero-order valence-electron chi connectivity index (χ0n) is 10.5. The number of hydrogen-bond acceptors (Lipinski definition) is 3. The van der Waals surface area contributed by atoms with Gasteiger partial charge in [0.25, 0.3) is 0 Å². The van der Waals surface area contributed by atoms with Gasteiger partial charge in [0.1, 0.15) is 0 Å². The molecule has 2 heterocycles. The average molecular weight is 241 g/mol. The molecule has 4 heteroatoms. The van der Waals surface area contributed by atoms with Gasteiger partial charge in [0, 0.05) is 41.8 Å². The van der Waals surface area contributed by atoms with Crippen molar-refractivity contribution in [2.45, 2.75) is 13.5 Å². The lowest BCUT2D eigenvalue weighted by Crippen LogP contribution is -1.94. The minimum atomic E-state index is 0.396. The topological polar surface area (TPSA) is 57.0 Å². The number of benzene rings is 1. The summed E-state index contributed by atoms with van der Waals surface area (Å²) in [4.78, 5) is 0. The van der Waals surface area contributed by atoms with Crippen molar-refractivity contribution in [1.29, 1.82) is 0 Å². The summed E-state index contributed by atoms with van der Waals surface area (Å²) in [7, 11) is 2.06. The van der Waals surface area contributed by atoms with Crippen LogP contribution in [-0.2, 0) is 13.6 Å². The van der Waals surface area contributed by atoms with Crippen LogP contribution < -0.4 is 5.73 Å². The quantitative estimate of drug-likeness (QED) is 0.750. The first-order valence-corrected chi connectivity index (χ1v) is 5.92. The number of nitrogens with two attached hydrogens (primary N) is 1. The van der Waals surface area contributed by atoms with Crippen LogP contribution in [0.4, 0.5) is 0 Å². The van der Waals surface area contributed by atoms with Crippen LogP contribution in [0.2, 0.25) is 0 Å². The highest BCUT2D eigenvalue weighted by atomic mass is 16.5. The van der Waals surface area contributed by atoms with Gasteiger partial charge in [-0.2, -0.15) is 0 Å². The summed E-state index contributed by atoms with van der Waals surface area (Å²) >= 11 is 0. The van der Waals surface area contributed by atoms with Gasteiger partial charge in [-0.05, 0) is 13.0 Å². The molecule has 0 atom stereocenters. The van der Waals surface area contributed by atoms with E-state index >= 15 is 0 Å². The molecule has 0 saturated carbocycles. The van der Waals surface area contributed by atoms with Crippen molar-refractivity contribution in [1.82, 2.24) is 9.72 Å². The molecule has 3 rings (SSSR count). The second kappa shape index (κ2) is 3.99. The largest absolute Gasteiger partial charge is 0.356 e.